The summed E-state index contributed by atoms with van der Waals surface area (Å²) in [7, 11) is 2.64. The second-order valence-corrected chi connectivity index (χ2v) is 5.04. The number of anilines is 1. The first-order valence-corrected chi connectivity index (χ1v) is 6.93. The molecule has 0 spiro atoms. The van der Waals surface area contributed by atoms with Crippen LogP contribution >= 0.6 is 0 Å². The van der Waals surface area contributed by atoms with Crippen LogP contribution in [0.25, 0.3) is 11.1 Å². The van der Waals surface area contributed by atoms with Gasteiger partial charge in [-0.1, -0.05) is 23.8 Å². The Morgan fingerprint density at radius 3 is 2.60 bits per heavy atom. The molecule has 0 saturated carbocycles. The summed E-state index contributed by atoms with van der Waals surface area (Å²) >= 11 is 0. The van der Waals surface area contributed by atoms with Gasteiger partial charge in [-0.2, -0.15) is 0 Å². The van der Waals surface area contributed by atoms with Gasteiger partial charge in [-0.3, -0.25) is 4.84 Å². The Balaban J connectivity index is 2.03. The third-order valence-electron chi connectivity index (χ3n) is 3.57. The molecule has 1 saturated heterocycles. The lowest BCUT2D eigenvalue weighted by Gasteiger charge is -2.21. The Morgan fingerprint density at radius 1 is 1.15 bits per heavy atom. The fraction of sp³-hybridized carbons (Fsp3) is 0.250. The third kappa shape index (κ3) is 2.52. The van der Waals surface area contributed by atoms with Crippen molar-refractivity contribution in [2.45, 2.75) is 13.2 Å². The van der Waals surface area contributed by atoms with Crippen LogP contribution < -0.4 is 9.71 Å². The molecule has 0 bridgehead atoms. The molecule has 0 aromatic heterocycles. The lowest BCUT2D eigenvalue weighted by molar-refractivity contribution is 0.185. The summed E-state index contributed by atoms with van der Waals surface area (Å²) in [6.45, 7) is 2.91. The minimum atomic E-state index is 0.802. The Morgan fingerprint density at radius 2 is 1.95 bits per heavy atom. The SMILES string of the molecule is COc1ccc(-c2cc(C)ccc2N2BCCO2)cc1. The molecule has 0 atom stereocenters. The van der Waals surface area contributed by atoms with E-state index in [1.807, 2.05) is 17.1 Å². The van der Waals surface area contributed by atoms with Gasteiger partial charge >= 0.3 is 0 Å². The van der Waals surface area contributed by atoms with Gasteiger partial charge in [0.2, 0.25) is 0 Å². The number of hydrogen-bond acceptors (Lipinski definition) is 3. The summed E-state index contributed by atoms with van der Waals surface area (Å²) < 4.78 is 5.22. The van der Waals surface area contributed by atoms with Crippen LogP contribution in [-0.2, 0) is 4.84 Å². The average Bonchev–Trinajstić information content (AvgIpc) is 3.01. The van der Waals surface area contributed by atoms with E-state index in [-0.39, 0.29) is 0 Å². The van der Waals surface area contributed by atoms with Crippen molar-refractivity contribution in [2.75, 3.05) is 18.7 Å². The highest BCUT2D eigenvalue weighted by molar-refractivity contribution is 6.41. The van der Waals surface area contributed by atoms with Gasteiger partial charge in [0, 0.05) is 5.56 Å². The summed E-state index contributed by atoms with van der Waals surface area (Å²) in [6.07, 6.45) is 1.08. The Bertz CT molecular complexity index is 592. The maximum absolute atomic E-state index is 5.69. The molecule has 0 radical (unpaired) electrons. The van der Waals surface area contributed by atoms with Gasteiger partial charge < -0.3 is 9.71 Å². The van der Waals surface area contributed by atoms with E-state index in [4.69, 9.17) is 9.57 Å². The van der Waals surface area contributed by atoms with E-state index in [2.05, 4.69) is 37.3 Å². The van der Waals surface area contributed by atoms with Crippen molar-refractivity contribution >= 4 is 13.1 Å². The first kappa shape index (κ1) is 13.1. The highest BCUT2D eigenvalue weighted by Crippen LogP contribution is 2.33. The number of rotatable bonds is 3. The van der Waals surface area contributed by atoms with E-state index in [1.54, 1.807) is 7.11 Å². The molecule has 3 rings (SSSR count). The maximum atomic E-state index is 5.69. The minimum Gasteiger partial charge on any atom is -0.497 e. The van der Waals surface area contributed by atoms with Crippen molar-refractivity contribution in [3.63, 3.8) is 0 Å². The predicted molar refractivity (Wildman–Crippen MR) is 83.6 cm³/mol. The van der Waals surface area contributed by atoms with Crippen LogP contribution in [0.1, 0.15) is 5.56 Å². The van der Waals surface area contributed by atoms with Crippen molar-refractivity contribution in [1.29, 1.82) is 0 Å². The van der Waals surface area contributed by atoms with Crippen LogP contribution in [0.3, 0.4) is 0 Å². The van der Waals surface area contributed by atoms with E-state index < -0.39 is 0 Å². The minimum absolute atomic E-state index is 0.802. The normalized spacial score (nSPS) is 14.2. The van der Waals surface area contributed by atoms with Gasteiger partial charge in [0.05, 0.1) is 19.4 Å². The number of benzene rings is 2. The van der Waals surface area contributed by atoms with Crippen LogP contribution in [0.4, 0.5) is 5.69 Å². The zero-order chi connectivity index (χ0) is 13.9. The molecule has 3 nitrogen and oxygen atoms in total. The molecule has 1 heterocycles. The van der Waals surface area contributed by atoms with Crippen molar-refractivity contribution in [2.24, 2.45) is 0 Å². The van der Waals surface area contributed by atoms with Crippen molar-refractivity contribution < 1.29 is 9.57 Å². The molecule has 0 aliphatic carbocycles. The molecular formula is C16H18BNO2. The molecular weight excluding hydrogens is 249 g/mol. The maximum Gasteiger partial charge on any atom is 0.275 e. The quantitative estimate of drug-likeness (QED) is 0.797. The molecule has 0 amide bonds. The van der Waals surface area contributed by atoms with Gasteiger partial charge in [-0.25, -0.2) is 0 Å². The molecule has 102 valence electrons. The van der Waals surface area contributed by atoms with Crippen molar-refractivity contribution in [3.8, 4) is 16.9 Å². The summed E-state index contributed by atoms with van der Waals surface area (Å²) in [4.78, 5) is 7.69. The molecule has 2 aromatic rings. The smallest absolute Gasteiger partial charge is 0.275 e. The van der Waals surface area contributed by atoms with Gasteiger partial charge in [0.1, 0.15) is 5.75 Å². The van der Waals surface area contributed by atoms with Crippen molar-refractivity contribution in [3.05, 3.63) is 48.0 Å². The van der Waals surface area contributed by atoms with E-state index in [1.165, 1.54) is 16.7 Å². The summed E-state index contributed by atoms with van der Waals surface area (Å²) in [6, 6.07) is 14.6. The fourth-order valence-corrected chi connectivity index (χ4v) is 2.51. The summed E-state index contributed by atoms with van der Waals surface area (Å²) in [5.74, 6) is 0.875. The molecule has 4 heteroatoms. The molecule has 0 unspecified atom stereocenters. The van der Waals surface area contributed by atoms with Gasteiger partial charge in [-0.05, 0) is 43.1 Å². The van der Waals surface area contributed by atoms with E-state index in [0.717, 1.165) is 31.8 Å². The monoisotopic (exact) mass is 267 g/mol. The first-order valence-electron chi connectivity index (χ1n) is 6.93. The number of ether oxygens (including phenoxy) is 1. The number of hydrogen-bond donors (Lipinski definition) is 0. The molecule has 1 fully saturated rings. The molecule has 2 aromatic carbocycles. The largest absolute Gasteiger partial charge is 0.497 e. The third-order valence-corrected chi connectivity index (χ3v) is 3.57. The van der Waals surface area contributed by atoms with Gasteiger partial charge in [0.25, 0.3) is 7.41 Å². The Hall–Kier alpha value is -1.94. The first-order chi connectivity index (χ1) is 9.78. The molecule has 1 aliphatic heterocycles. The standard InChI is InChI=1S/C16H18BNO2/c1-12-3-8-16(18-17-9-10-20-18)15(11-12)13-4-6-14(19-2)7-5-13/h3-8,11,17H,9-10H2,1-2H3. The second kappa shape index (κ2) is 5.59. The lowest BCUT2D eigenvalue weighted by Crippen LogP contribution is -2.19. The van der Waals surface area contributed by atoms with Crippen LogP contribution in [0, 0.1) is 6.92 Å². The predicted octanol–water partition coefficient (Wildman–Crippen LogP) is 3.19. The highest BCUT2D eigenvalue weighted by Gasteiger charge is 2.19. The summed E-state index contributed by atoms with van der Waals surface area (Å²) in [5.41, 5.74) is 4.77. The van der Waals surface area contributed by atoms with Crippen molar-refractivity contribution in [1.82, 2.24) is 0 Å². The Labute approximate surface area is 120 Å². The number of methoxy groups -OCH3 is 1. The highest BCUT2D eigenvalue weighted by atomic mass is 16.7. The van der Waals surface area contributed by atoms with E-state index in [0.29, 0.717) is 0 Å². The molecule has 1 aliphatic rings. The number of aryl methyl sites for hydroxylation is 1. The summed E-state index contributed by atoms with van der Waals surface area (Å²) in [5, 5.41) is 0. The second-order valence-electron chi connectivity index (χ2n) is 5.04. The Kier molecular flexibility index (Phi) is 3.65. The van der Waals surface area contributed by atoms with E-state index >= 15 is 0 Å². The van der Waals surface area contributed by atoms with E-state index in [9.17, 15) is 0 Å². The number of nitrogens with zero attached hydrogens (tertiary/aromatic N) is 1. The zero-order valence-electron chi connectivity index (χ0n) is 11.9. The molecule has 20 heavy (non-hydrogen) atoms. The van der Waals surface area contributed by atoms with Crippen LogP contribution in [-0.4, -0.2) is 21.1 Å². The van der Waals surface area contributed by atoms with Crippen LogP contribution in [0.15, 0.2) is 42.5 Å². The van der Waals surface area contributed by atoms with Crippen LogP contribution in [0.5, 0.6) is 5.75 Å². The molecule has 0 N–H and O–H groups in total. The van der Waals surface area contributed by atoms with Gasteiger partial charge in [-0.15, -0.1) is 0 Å². The zero-order valence-corrected chi connectivity index (χ0v) is 11.9. The van der Waals surface area contributed by atoms with Gasteiger partial charge in [0.15, 0.2) is 0 Å². The van der Waals surface area contributed by atoms with Crippen LogP contribution in [0.2, 0.25) is 6.32 Å². The fourth-order valence-electron chi connectivity index (χ4n) is 2.51. The average molecular weight is 267 g/mol. The lowest BCUT2D eigenvalue weighted by atomic mass is 9.88. The topological polar surface area (TPSA) is 21.7 Å².